The zero-order valence-corrected chi connectivity index (χ0v) is 15.6. The number of guanidine groups is 1. The lowest BCUT2D eigenvalue weighted by Gasteiger charge is -2.25. The van der Waals surface area contributed by atoms with Crippen LogP contribution < -0.4 is 10.6 Å². The van der Waals surface area contributed by atoms with Crippen LogP contribution in [-0.4, -0.2) is 33.8 Å². The lowest BCUT2D eigenvalue weighted by Crippen LogP contribution is -2.46. The summed E-state index contributed by atoms with van der Waals surface area (Å²) >= 11 is 0. The zero-order valence-electron chi connectivity index (χ0n) is 15.6. The van der Waals surface area contributed by atoms with Crippen molar-refractivity contribution in [2.24, 2.45) is 4.99 Å². The normalized spacial score (nSPS) is 17.9. The summed E-state index contributed by atoms with van der Waals surface area (Å²) in [5.41, 5.74) is 2.79. The van der Waals surface area contributed by atoms with E-state index in [1.165, 1.54) is 11.1 Å². The topological polar surface area (TPSA) is 67.1 Å². The number of rotatable bonds is 3. The van der Waals surface area contributed by atoms with Gasteiger partial charge >= 0.3 is 0 Å². The van der Waals surface area contributed by atoms with Gasteiger partial charge in [-0.05, 0) is 23.0 Å². The fraction of sp³-hybridized carbons (Fsp3) is 0.526. The first-order valence-electron chi connectivity index (χ1n) is 8.89. The van der Waals surface area contributed by atoms with E-state index < -0.39 is 0 Å². The van der Waals surface area contributed by atoms with Crippen LogP contribution >= 0.6 is 0 Å². The molecule has 1 aromatic carbocycles. The van der Waals surface area contributed by atoms with Crippen molar-refractivity contribution in [2.45, 2.75) is 58.2 Å². The highest BCUT2D eigenvalue weighted by Gasteiger charge is 2.20. The van der Waals surface area contributed by atoms with Crippen LogP contribution in [0.3, 0.4) is 0 Å². The quantitative estimate of drug-likeness (QED) is 0.664. The maximum Gasteiger partial charge on any atom is 0.191 e. The van der Waals surface area contributed by atoms with E-state index in [4.69, 9.17) is 0 Å². The molecule has 2 heterocycles. The molecule has 2 N–H and O–H groups in total. The number of nitrogens with one attached hydrogen (secondary N) is 2. The number of aryl methyl sites for hydroxylation is 1. The van der Waals surface area contributed by atoms with Gasteiger partial charge in [0.15, 0.2) is 5.96 Å². The van der Waals surface area contributed by atoms with Gasteiger partial charge in [0, 0.05) is 26.1 Å². The Morgan fingerprint density at radius 1 is 1.28 bits per heavy atom. The van der Waals surface area contributed by atoms with Crippen LogP contribution in [0.25, 0.3) is 0 Å². The summed E-state index contributed by atoms with van der Waals surface area (Å²) in [6.45, 7) is 8.28. The molecule has 134 valence electrons. The molecule has 1 unspecified atom stereocenters. The van der Waals surface area contributed by atoms with Gasteiger partial charge in [0.2, 0.25) is 0 Å². The van der Waals surface area contributed by atoms with E-state index >= 15 is 0 Å². The summed E-state index contributed by atoms with van der Waals surface area (Å²) in [6, 6.07) is 9.11. The van der Waals surface area contributed by atoms with Crippen LogP contribution in [0.2, 0.25) is 0 Å². The van der Waals surface area contributed by atoms with E-state index in [0.29, 0.717) is 6.04 Å². The maximum absolute atomic E-state index is 4.35. The molecule has 0 radical (unpaired) electrons. The van der Waals surface area contributed by atoms with E-state index in [1.54, 1.807) is 6.33 Å². The van der Waals surface area contributed by atoms with Crippen molar-refractivity contribution in [3.63, 3.8) is 0 Å². The van der Waals surface area contributed by atoms with Gasteiger partial charge in [-0.1, -0.05) is 45.0 Å². The van der Waals surface area contributed by atoms with Gasteiger partial charge in [0.05, 0.1) is 6.54 Å². The fourth-order valence-electron chi connectivity index (χ4n) is 3.05. The fourth-order valence-corrected chi connectivity index (χ4v) is 3.05. The SMILES string of the molecule is CN=C(NCc1ccc(C(C)(C)C)cc1)NC1CCc2ncnn2C1. The standard InChI is InChI=1S/C19H28N6/c1-19(2,3)15-7-5-14(6-8-15)11-21-18(20-4)24-16-9-10-17-22-13-23-25(17)12-16/h5-8,13,16H,9-12H2,1-4H3,(H2,20,21,24). The minimum Gasteiger partial charge on any atom is -0.352 e. The predicted molar refractivity (Wildman–Crippen MR) is 101 cm³/mol. The van der Waals surface area contributed by atoms with Gasteiger partial charge in [-0.25, -0.2) is 9.67 Å². The number of nitrogens with zero attached hydrogens (tertiary/aromatic N) is 4. The van der Waals surface area contributed by atoms with Crippen molar-refractivity contribution in [1.29, 1.82) is 0 Å². The average Bonchev–Trinajstić information content (AvgIpc) is 3.06. The molecule has 2 aromatic rings. The summed E-state index contributed by atoms with van der Waals surface area (Å²) in [5.74, 6) is 1.90. The van der Waals surface area contributed by atoms with E-state index in [1.807, 2.05) is 11.7 Å². The molecule has 0 spiro atoms. The average molecular weight is 340 g/mol. The Morgan fingerprint density at radius 2 is 2.04 bits per heavy atom. The first-order valence-corrected chi connectivity index (χ1v) is 8.89. The third-order valence-corrected chi connectivity index (χ3v) is 4.65. The molecule has 0 amide bonds. The van der Waals surface area contributed by atoms with Crippen molar-refractivity contribution < 1.29 is 0 Å². The van der Waals surface area contributed by atoms with Crippen molar-refractivity contribution in [2.75, 3.05) is 7.05 Å². The molecule has 3 rings (SSSR count). The van der Waals surface area contributed by atoms with Crippen LogP contribution in [-0.2, 0) is 24.9 Å². The summed E-state index contributed by atoms with van der Waals surface area (Å²) in [6.07, 6.45) is 3.62. The molecule has 1 aliphatic rings. The second kappa shape index (κ2) is 7.25. The molecule has 0 saturated heterocycles. The van der Waals surface area contributed by atoms with E-state index in [2.05, 4.69) is 70.7 Å². The molecule has 1 aromatic heterocycles. The molecule has 0 bridgehead atoms. The molecule has 1 aliphatic heterocycles. The van der Waals surface area contributed by atoms with Crippen molar-refractivity contribution >= 4 is 5.96 Å². The first-order chi connectivity index (χ1) is 12.0. The van der Waals surface area contributed by atoms with E-state index in [-0.39, 0.29) is 5.41 Å². The highest BCUT2D eigenvalue weighted by atomic mass is 15.4. The molecule has 6 nitrogen and oxygen atoms in total. The molecule has 1 atom stereocenters. The van der Waals surface area contributed by atoms with Crippen LogP contribution in [0, 0.1) is 0 Å². The Balaban J connectivity index is 1.53. The van der Waals surface area contributed by atoms with Gasteiger partial charge in [-0.15, -0.1) is 0 Å². The molecule has 0 saturated carbocycles. The Morgan fingerprint density at radius 3 is 2.72 bits per heavy atom. The minimum absolute atomic E-state index is 0.185. The minimum atomic E-state index is 0.185. The van der Waals surface area contributed by atoms with Crippen LogP contribution in [0.4, 0.5) is 0 Å². The molecule has 25 heavy (non-hydrogen) atoms. The van der Waals surface area contributed by atoms with Gasteiger partial charge in [0.1, 0.15) is 12.2 Å². The highest BCUT2D eigenvalue weighted by Crippen LogP contribution is 2.22. The Kier molecular flexibility index (Phi) is 5.06. The van der Waals surface area contributed by atoms with Gasteiger partial charge in [-0.2, -0.15) is 5.10 Å². The third kappa shape index (κ3) is 4.38. The van der Waals surface area contributed by atoms with Gasteiger partial charge < -0.3 is 10.6 Å². The second-order valence-corrected chi connectivity index (χ2v) is 7.61. The van der Waals surface area contributed by atoms with Crippen LogP contribution in [0.15, 0.2) is 35.6 Å². The lowest BCUT2D eigenvalue weighted by molar-refractivity contribution is 0.392. The first kappa shape index (κ1) is 17.5. The van der Waals surface area contributed by atoms with Crippen LogP contribution in [0.5, 0.6) is 0 Å². The summed E-state index contributed by atoms with van der Waals surface area (Å²) in [7, 11) is 1.81. The smallest absolute Gasteiger partial charge is 0.191 e. The molecule has 0 fully saturated rings. The third-order valence-electron chi connectivity index (χ3n) is 4.65. The second-order valence-electron chi connectivity index (χ2n) is 7.61. The Bertz CT molecular complexity index is 723. The van der Waals surface area contributed by atoms with E-state index in [9.17, 15) is 0 Å². The number of hydrogen-bond acceptors (Lipinski definition) is 3. The van der Waals surface area contributed by atoms with Crippen molar-refractivity contribution in [1.82, 2.24) is 25.4 Å². The number of fused-ring (bicyclic) bond motifs is 1. The number of benzene rings is 1. The Hall–Kier alpha value is -2.37. The zero-order chi connectivity index (χ0) is 17.9. The Labute approximate surface area is 149 Å². The summed E-state index contributed by atoms with van der Waals surface area (Å²) < 4.78 is 1.97. The maximum atomic E-state index is 4.35. The van der Waals surface area contributed by atoms with Gasteiger partial charge in [0.25, 0.3) is 0 Å². The molecular formula is C19H28N6. The van der Waals surface area contributed by atoms with Gasteiger partial charge in [-0.3, -0.25) is 4.99 Å². The number of aliphatic imine (C=N–C) groups is 1. The molecular weight excluding hydrogens is 312 g/mol. The monoisotopic (exact) mass is 340 g/mol. The predicted octanol–water partition coefficient (Wildman–Crippen LogP) is 2.26. The van der Waals surface area contributed by atoms with Crippen LogP contribution in [0.1, 0.15) is 44.1 Å². The van der Waals surface area contributed by atoms with Crippen molar-refractivity contribution in [3.8, 4) is 0 Å². The molecule has 0 aliphatic carbocycles. The largest absolute Gasteiger partial charge is 0.352 e. The number of hydrogen-bond donors (Lipinski definition) is 2. The number of aromatic nitrogens is 3. The summed E-state index contributed by atoms with van der Waals surface area (Å²) in [5, 5.41) is 11.2. The highest BCUT2D eigenvalue weighted by molar-refractivity contribution is 5.79. The summed E-state index contributed by atoms with van der Waals surface area (Å²) in [4.78, 5) is 8.62. The lowest BCUT2D eigenvalue weighted by atomic mass is 9.87. The molecule has 6 heteroatoms. The van der Waals surface area contributed by atoms with Crippen molar-refractivity contribution in [3.05, 3.63) is 47.5 Å². The van der Waals surface area contributed by atoms with E-state index in [0.717, 1.165) is 37.7 Å².